The van der Waals surface area contributed by atoms with Gasteiger partial charge in [0.05, 0.1) is 0 Å². The Kier molecular flexibility index (Phi) is 3.87. The van der Waals surface area contributed by atoms with E-state index in [9.17, 15) is 9.18 Å². The Bertz CT molecular complexity index is 922. The number of imidazole rings is 1. The fourth-order valence-corrected chi connectivity index (χ4v) is 2.41. The number of hydrogen-bond acceptors (Lipinski definition) is 2. The van der Waals surface area contributed by atoms with Gasteiger partial charge in [0.15, 0.2) is 0 Å². The van der Waals surface area contributed by atoms with Crippen molar-refractivity contribution in [3.8, 4) is 11.3 Å². The predicted octanol–water partition coefficient (Wildman–Crippen LogP) is 4.43. The zero-order valence-electron chi connectivity index (χ0n) is 14.2. The molecule has 1 N–H and O–H groups in total. The number of amides is 1. The van der Waals surface area contributed by atoms with Gasteiger partial charge in [-0.15, -0.1) is 0 Å². The topological polar surface area (TPSA) is 46.4 Å². The van der Waals surface area contributed by atoms with Crippen molar-refractivity contribution in [3.63, 3.8) is 0 Å². The molecule has 0 unspecified atom stereocenters. The zero-order chi connectivity index (χ0) is 17.5. The third-order valence-electron chi connectivity index (χ3n) is 3.81. The largest absolute Gasteiger partial charge is 0.309 e. The van der Waals surface area contributed by atoms with Gasteiger partial charge in [-0.3, -0.25) is 9.20 Å². The van der Waals surface area contributed by atoms with Crippen LogP contribution in [0.15, 0.2) is 42.6 Å². The fourth-order valence-electron chi connectivity index (χ4n) is 2.41. The molecule has 3 aromatic rings. The highest BCUT2D eigenvalue weighted by Gasteiger charge is 2.25. The van der Waals surface area contributed by atoms with E-state index in [2.05, 4.69) is 10.3 Å². The van der Waals surface area contributed by atoms with Crippen molar-refractivity contribution in [1.82, 2.24) is 9.38 Å². The summed E-state index contributed by atoms with van der Waals surface area (Å²) in [5.41, 5.74) is 1.90. The van der Waals surface area contributed by atoms with Crippen LogP contribution in [0.25, 0.3) is 16.9 Å². The Labute approximate surface area is 140 Å². The first-order valence-electron chi connectivity index (χ1n) is 7.82. The van der Waals surface area contributed by atoms with E-state index >= 15 is 0 Å². The molecule has 1 amide bonds. The monoisotopic (exact) mass is 325 g/mol. The summed E-state index contributed by atoms with van der Waals surface area (Å²) in [7, 11) is 0. The second-order valence-corrected chi connectivity index (χ2v) is 6.93. The van der Waals surface area contributed by atoms with E-state index in [1.165, 1.54) is 6.07 Å². The lowest BCUT2D eigenvalue weighted by atomic mass is 9.95. The molecular weight excluding hydrogens is 305 g/mol. The summed E-state index contributed by atoms with van der Waals surface area (Å²) in [6, 6.07) is 10.2. The van der Waals surface area contributed by atoms with Crippen LogP contribution < -0.4 is 5.32 Å². The van der Waals surface area contributed by atoms with E-state index < -0.39 is 5.41 Å². The van der Waals surface area contributed by atoms with Gasteiger partial charge in [-0.05, 0) is 30.7 Å². The minimum atomic E-state index is -0.569. The summed E-state index contributed by atoms with van der Waals surface area (Å²) in [4.78, 5) is 17.0. The molecule has 0 saturated heterocycles. The summed E-state index contributed by atoms with van der Waals surface area (Å²) in [6.07, 6.45) is 1.88. The molecule has 2 aromatic heterocycles. The molecule has 5 heteroatoms. The Morgan fingerprint density at radius 2 is 1.88 bits per heavy atom. The molecule has 3 rings (SSSR count). The van der Waals surface area contributed by atoms with Crippen LogP contribution in [0, 0.1) is 18.2 Å². The van der Waals surface area contributed by atoms with Crippen molar-refractivity contribution in [3.05, 3.63) is 54.0 Å². The SMILES string of the molecule is Cc1ccc2nc(-c3ccccc3F)c(NC(=O)C(C)(C)C)n2c1. The number of carbonyl (C=O) groups is 1. The zero-order valence-corrected chi connectivity index (χ0v) is 14.2. The van der Waals surface area contributed by atoms with Gasteiger partial charge in [-0.2, -0.15) is 0 Å². The number of nitrogens with one attached hydrogen (secondary N) is 1. The van der Waals surface area contributed by atoms with Crippen LogP contribution in [0.4, 0.5) is 10.2 Å². The highest BCUT2D eigenvalue weighted by Crippen LogP contribution is 2.32. The molecule has 0 atom stereocenters. The van der Waals surface area contributed by atoms with Crippen LogP contribution in [0.5, 0.6) is 0 Å². The van der Waals surface area contributed by atoms with Crippen molar-refractivity contribution < 1.29 is 9.18 Å². The van der Waals surface area contributed by atoms with Gasteiger partial charge in [0.25, 0.3) is 0 Å². The normalized spacial score (nSPS) is 11.7. The standard InChI is InChI=1S/C19H20FN3O/c1-12-9-10-15-21-16(13-7-5-6-8-14(13)20)17(23(15)11-12)22-18(24)19(2,3)4/h5-11H,1-4H3,(H,22,24). The predicted molar refractivity (Wildman–Crippen MR) is 93.4 cm³/mol. The molecule has 0 aliphatic heterocycles. The van der Waals surface area contributed by atoms with Crippen molar-refractivity contribution >= 4 is 17.4 Å². The second kappa shape index (κ2) is 5.74. The lowest BCUT2D eigenvalue weighted by Gasteiger charge is -2.18. The van der Waals surface area contributed by atoms with Crippen molar-refractivity contribution in [2.45, 2.75) is 27.7 Å². The van der Waals surface area contributed by atoms with Crippen molar-refractivity contribution in [2.75, 3.05) is 5.32 Å². The first-order valence-corrected chi connectivity index (χ1v) is 7.82. The fraction of sp³-hybridized carbons (Fsp3) is 0.263. The first kappa shape index (κ1) is 16.2. The maximum atomic E-state index is 14.3. The van der Waals surface area contributed by atoms with E-state index in [1.807, 2.05) is 46.0 Å². The number of carbonyl (C=O) groups excluding carboxylic acids is 1. The van der Waals surface area contributed by atoms with Gasteiger partial charge in [0, 0.05) is 17.2 Å². The van der Waals surface area contributed by atoms with E-state index in [-0.39, 0.29) is 11.7 Å². The van der Waals surface area contributed by atoms with E-state index in [0.29, 0.717) is 22.7 Å². The number of benzene rings is 1. The Hall–Kier alpha value is -2.69. The summed E-state index contributed by atoms with van der Waals surface area (Å²) in [5, 5.41) is 2.92. The molecule has 2 heterocycles. The van der Waals surface area contributed by atoms with Gasteiger partial charge in [-0.25, -0.2) is 9.37 Å². The average molecular weight is 325 g/mol. The molecule has 4 nitrogen and oxygen atoms in total. The number of rotatable bonds is 2. The molecule has 0 radical (unpaired) electrons. The van der Waals surface area contributed by atoms with Gasteiger partial charge in [0.1, 0.15) is 23.0 Å². The minimum absolute atomic E-state index is 0.150. The van der Waals surface area contributed by atoms with Gasteiger partial charge in [0.2, 0.25) is 5.91 Å². The van der Waals surface area contributed by atoms with Crippen molar-refractivity contribution in [2.24, 2.45) is 5.41 Å². The molecule has 0 bridgehead atoms. The van der Waals surface area contributed by atoms with E-state index in [4.69, 9.17) is 0 Å². The van der Waals surface area contributed by atoms with Crippen LogP contribution in [0.1, 0.15) is 26.3 Å². The third-order valence-corrected chi connectivity index (χ3v) is 3.81. The molecular formula is C19H20FN3O. The number of anilines is 1. The quantitative estimate of drug-likeness (QED) is 0.757. The van der Waals surface area contributed by atoms with Crippen LogP contribution in [-0.4, -0.2) is 15.3 Å². The highest BCUT2D eigenvalue weighted by molar-refractivity contribution is 5.97. The lowest BCUT2D eigenvalue weighted by Crippen LogP contribution is -2.28. The summed E-state index contributed by atoms with van der Waals surface area (Å²) in [6.45, 7) is 7.45. The lowest BCUT2D eigenvalue weighted by molar-refractivity contribution is -0.123. The van der Waals surface area contributed by atoms with Crippen molar-refractivity contribution in [1.29, 1.82) is 0 Å². The molecule has 24 heavy (non-hydrogen) atoms. The summed E-state index contributed by atoms with van der Waals surface area (Å²) < 4.78 is 16.1. The molecule has 124 valence electrons. The first-order chi connectivity index (χ1) is 11.3. The maximum absolute atomic E-state index is 14.3. The molecule has 0 aliphatic carbocycles. The summed E-state index contributed by atoms with van der Waals surface area (Å²) >= 11 is 0. The Morgan fingerprint density at radius 1 is 1.17 bits per heavy atom. The number of aryl methyl sites for hydroxylation is 1. The van der Waals surface area contributed by atoms with Crippen LogP contribution in [-0.2, 0) is 4.79 Å². The van der Waals surface area contributed by atoms with Gasteiger partial charge in [-0.1, -0.05) is 39.0 Å². The molecule has 0 spiro atoms. The number of nitrogens with zero attached hydrogens (tertiary/aromatic N) is 2. The van der Waals surface area contributed by atoms with E-state index in [0.717, 1.165) is 5.56 Å². The molecule has 0 saturated carbocycles. The highest BCUT2D eigenvalue weighted by atomic mass is 19.1. The number of aromatic nitrogens is 2. The van der Waals surface area contributed by atoms with Crippen LogP contribution >= 0.6 is 0 Å². The van der Waals surface area contributed by atoms with Crippen LogP contribution in [0.3, 0.4) is 0 Å². The molecule has 0 aliphatic rings. The number of pyridine rings is 1. The Balaban J connectivity index is 2.23. The Morgan fingerprint density at radius 3 is 2.54 bits per heavy atom. The number of halogens is 1. The summed E-state index contributed by atoms with van der Waals surface area (Å²) in [5.74, 6) is -0.0361. The third kappa shape index (κ3) is 2.89. The number of hydrogen-bond donors (Lipinski definition) is 1. The van der Waals surface area contributed by atoms with Gasteiger partial charge < -0.3 is 5.32 Å². The molecule has 1 aromatic carbocycles. The van der Waals surface area contributed by atoms with Crippen LogP contribution in [0.2, 0.25) is 0 Å². The average Bonchev–Trinajstić information content (AvgIpc) is 2.85. The van der Waals surface area contributed by atoms with E-state index in [1.54, 1.807) is 22.6 Å². The maximum Gasteiger partial charge on any atom is 0.230 e. The van der Waals surface area contributed by atoms with Gasteiger partial charge >= 0.3 is 0 Å². The second-order valence-electron chi connectivity index (χ2n) is 6.93. The number of fused-ring (bicyclic) bond motifs is 1. The smallest absolute Gasteiger partial charge is 0.230 e. The molecule has 0 fully saturated rings. The minimum Gasteiger partial charge on any atom is -0.309 e.